The Morgan fingerprint density at radius 2 is 1.94 bits per heavy atom. The summed E-state index contributed by atoms with van der Waals surface area (Å²) < 4.78 is 0. The van der Waals surface area contributed by atoms with Crippen LogP contribution < -0.4 is 0 Å². The Hall–Kier alpha value is -1.35. The molecule has 1 aromatic carbocycles. The van der Waals surface area contributed by atoms with Crippen LogP contribution in [0, 0.1) is 11.8 Å². The summed E-state index contributed by atoms with van der Waals surface area (Å²) in [5.41, 5.74) is 0.582. The lowest BCUT2D eigenvalue weighted by Crippen LogP contribution is -2.27. The molecule has 1 fully saturated rings. The van der Waals surface area contributed by atoms with Crippen LogP contribution in [0.25, 0.3) is 0 Å². The molecule has 2 rings (SSSR count). The average molecular weight is 267 g/mol. The normalized spacial score (nSPS) is 23.6. The highest BCUT2D eigenvalue weighted by atomic mass is 35.5. The maximum atomic E-state index is 12.3. The van der Waals surface area contributed by atoms with Gasteiger partial charge < -0.3 is 5.11 Å². The minimum Gasteiger partial charge on any atom is -0.481 e. The second kappa shape index (κ2) is 5.53. The predicted molar refractivity (Wildman–Crippen MR) is 68.9 cm³/mol. The van der Waals surface area contributed by atoms with Gasteiger partial charge in [0.1, 0.15) is 0 Å². The summed E-state index contributed by atoms with van der Waals surface area (Å²) in [7, 11) is 0. The Balaban J connectivity index is 2.11. The van der Waals surface area contributed by atoms with E-state index in [2.05, 4.69) is 0 Å². The molecule has 18 heavy (non-hydrogen) atoms. The maximum Gasteiger partial charge on any atom is 0.306 e. The molecule has 0 spiro atoms. The van der Waals surface area contributed by atoms with E-state index in [0.29, 0.717) is 23.4 Å². The zero-order valence-electron chi connectivity index (χ0n) is 9.93. The highest BCUT2D eigenvalue weighted by Crippen LogP contribution is 2.31. The summed E-state index contributed by atoms with van der Waals surface area (Å²) in [6.45, 7) is 0. The lowest BCUT2D eigenvalue weighted by molar-refractivity contribution is -0.143. The second-order valence-electron chi connectivity index (χ2n) is 4.77. The number of carboxylic acid groups (broad SMARTS) is 1. The second-order valence-corrected chi connectivity index (χ2v) is 5.21. The molecule has 1 aliphatic rings. The van der Waals surface area contributed by atoms with E-state index in [0.717, 1.165) is 12.8 Å². The van der Waals surface area contributed by atoms with Crippen LogP contribution in [0.5, 0.6) is 0 Å². The lowest BCUT2D eigenvalue weighted by atomic mass is 9.78. The molecule has 1 aliphatic carbocycles. The summed E-state index contributed by atoms with van der Waals surface area (Å²) in [5, 5.41) is 9.55. The summed E-state index contributed by atoms with van der Waals surface area (Å²) in [6.07, 6.45) is 2.69. The van der Waals surface area contributed by atoms with Gasteiger partial charge in [-0.05, 0) is 31.4 Å². The number of benzene rings is 1. The van der Waals surface area contributed by atoms with Gasteiger partial charge in [0.25, 0.3) is 0 Å². The standard InChI is InChI=1S/C14H15ClO3/c15-12-6-2-4-10(8-12)13(16)9-3-1-5-11(7-9)14(17)18/h2,4,6,8-9,11H,1,3,5,7H2,(H,17,18)/t9-,11+/m1/s1. The number of rotatable bonds is 3. The number of ketones is 1. The molecule has 0 radical (unpaired) electrons. The van der Waals surface area contributed by atoms with Crippen LogP contribution in [0.4, 0.5) is 0 Å². The smallest absolute Gasteiger partial charge is 0.306 e. The molecule has 2 atom stereocenters. The Kier molecular flexibility index (Phi) is 4.02. The number of halogens is 1. The Morgan fingerprint density at radius 1 is 1.22 bits per heavy atom. The van der Waals surface area contributed by atoms with Crippen LogP contribution in [0.3, 0.4) is 0 Å². The van der Waals surface area contributed by atoms with Crippen LogP contribution in [-0.4, -0.2) is 16.9 Å². The van der Waals surface area contributed by atoms with Gasteiger partial charge in [0.05, 0.1) is 5.92 Å². The van der Waals surface area contributed by atoms with Crippen LogP contribution in [0.15, 0.2) is 24.3 Å². The van der Waals surface area contributed by atoms with Crippen molar-refractivity contribution in [3.8, 4) is 0 Å². The van der Waals surface area contributed by atoms with E-state index in [1.807, 2.05) is 0 Å². The van der Waals surface area contributed by atoms with E-state index in [1.54, 1.807) is 24.3 Å². The Labute approximate surface area is 111 Å². The molecule has 4 heteroatoms. The summed E-state index contributed by atoms with van der Waals surface area (Å²) in [4.78, 5) is 23.2. The summed E-state index contributed by atoms with van der Waals surface area (Å²) >= 11 is 5.86. The topological polar surface area (TPSA) is 54.4 Å². The van der Waals surface area contributed by atoms with E-state index in [-0.39, 0.29) is 17.6 Å². The van der Waals surface area contributed by atoms with Gasteiger partial charge in [-0.15, -0.1) is 0 Å². The number of carbonyl (C=O) groups is 2. The van der Waals surface area contributed by atoms with Crippen LogP contribution >= 0.6 is 11.6 Å². The van der Waals surface area contributed by atoms with Crippen molar-refractivity contribution < 1.29 is 14.7 Å². The minimum atomic E-state index is -0.793. The fourth-order valence-electron chi connectivity index (χ4n) is 2.53. The van der Waals surface area contributed by atoms with Gasteiger partial charge >= 0.3 is 5.97 Å². The molecule has 96 valence electrons. The quantitative estimate of drug-likeness (QED) is 0.853. The SMILES string of the molecule is O=C(O)[C@H]1CCC[C@@H](C(=O)c2cccc(Cl)c2)C1. The fraction of sp³-hybridized carbons (Fsp3) is 0.429. The molecule has 1 aromatic rings. The van der Waals surface area contributed by atoms with Crippen molar-refractivity contribution in [1.82, 2.24) is 0 Å². The Bertz CT molecular complexity index is 470. The van der Waals surface area contributed by atoms with E-state index < -0.39 is 5.97 Å². The number of Topliss-reactive ketones (excluding diaryl/α,β-unsaturated/α-hetero) is 1. The Morgan fingerprint density at radius 3 is 2.61 bits per heavy atom. The maximum absolute atomic E-state index is 12.3. The van der Waals surface area contributed by atoms with Crippen molar-refractivity contribution >= 4 is 23.4 Å². The first-order chi connectivity index (χ1) is 8.58. The minimum absolute atomic E-state index is 0.0171. The van der Waals surface area contributed by atoms with E-state index in [1.165, 1.54) is 0 Å². The predicted octanol–water partition coefficient (Wildman–Crippen LogP) is 3.41. The van der Waals surface area contributed by atoms with Crippen molar-refractivity contribution in [2.45, 2.75) is 25.7 Å². The third-order valence-electron chi connectivity index (χ3n) is 3.50. The number of carbonyl (C=O) groups excluding carboxylic acids is 1. The molecule has 0 unspecified atom stereocenters. The van der Waals surface area contributed by atoms with E-state index in [4.69, 9.17) is 16.7 Å². The largest absolute Gasteiger partial charge is 0.481 e. The van der Waals surface area contributed by atoms with Crippen molar-refractivity contribution in [2.75, 3.05) is 0 Å². The van der Waals surface area contributed by atoms with E-state index >= 15 is 0 Å². The van der Waals surface area contributed by atoms with Gasteiger partial charge in [-0.1, -0.05) is 30.2 Å². The first-order valence-corrected chi connectivity index (χ1v) is 6.48. The highest BCUT2D eigenvalue weighted by Gasteiger charge is 2.31. The molecule has 0 heterocycles. The molecule has 0 aliphatic heterocycles. The van der Waals surface area contributed by atoms with Crippen LogP contribution in [-0.2, 0) is 4.79 Å². The molecule has 0 aromatic heterocycles. The van der Waals surface area contributed by atoms with Gasteiger partial charge in [-0.3, -0.25) is 9.59 Å². The van der Waals surface area contributed by atoms with Gasteiger partial charge in [0.15, 0.2) is 5.78 Å². The third kappa shape index (κ3) is 2.91. The molecule has 3 nitrogen and oxygen atoms in total. The third-order valence-corrected chi connectivity index (χ3v) is 3.74. The molecular weight excluding hydrogens is 252 g/mol. The summed E-state index contributed by atoms with van der Waals surface area (Å²) in [6, 6.07) is 6.85. The monoisotopic (exact) mass is 266 g/mol. The molecule has 0 saturated heterocycles. The summed E-state index contributed by atoms with van der Waals surface area (Å²) in [5.74, 6) is -1.34. The van der Waals surface area contributed by atoms with Gasteiger partial charge in [-0.2, -0.15) is 0 Å². The number of aliphatic carboxylic acids is 1. The molecular formula is C14H15ClO3. The van der Waals surface area contributed by atoms with Crippen molar-refractivity contribution in [3.05, 3.63) is 34.9 Å². The van der Waals surface area contributed by atoms with Gasteiger partial charge in [0, 0.05) is 16.5 Å². The highest BCUT2D eigenvalue weighted by molar-refractivity contribution is 6.31. The molecule has 0 amide bonds. The van der Waals surface area contributed by atoms with Gasteiger partial charge in [0.2, 0.25) is 0 Å². The molecule has 1 N–H and O–H groups in total. The van der Waals surface area contributed by atoms with E-state index in [9.17, 15) is 9.59 Å². The number of hydrogen-bond donors (Lipinski definition) is 1. The zero-order chi connectivity index (χ0) is 13.1. The molecule has 1 saturated carbocycles. The number of hydrogen-bond acceptors (Lipinski definition) is 2. The lowest BCUT2D eigenvalue weighted by Gasteiger charge is -2.25. The molecule has 0 bridgehead atoms. The van der Waals surface area contributed by atoms with Crippen molar-refractivity contribution in [2.24, 2.45) is 11.8 Å². The van der Waals surface area contributed by atoms with Gasteiger partial charge in [-0.25, -0.2) is 0 Å². The van der Waals surface area contributed by atoms with Crippen LogP contribution in [0.2, 0.25) is 5.02 Å². The number of carboxylic acids is 1. The zero-order valence-corrected chi connectivity index (χ0v) is 10.7. The van der Waals surface area contributed by atoms with Crippen LogP contribution in [0.1, 0.15) is 36.0 Å². The first-order valence-electron chi connectivity index (χ1n) is 6.10. The average Bonchev–Trinajstić information content (AvgIpc) is 2.38. The first kappa shape index (κ1) is 13.1. The fourth-order valence-corrected chi connectivity index (χ4v) is 2.72. The van der Waals surface area contributed by atoms with Crippen molar-refractivity contribution in [1.29, 1.82) is 0 Å². The van der Waals surface area contributed by atoms with Crippen molar-refractivity contribution in [3.63, 3.8) is 0 Å².